The van der Waals surface area contributed by atoms with Gasteiger partial charge in [0.2, 0.25) is 15.9 Å². The lowest BCUT2D eigenvalue weighted by molar-refractivity contribution is -0.120. The van der Waals surface area contributed by atoms with Crippen molar-refractivity contribution in [2.24, 2.45) is 0 Å². The Kier molecular flexibility index (Phi) is 7.87. The van der Waals surface area contributed by atoms with Gasteiger partial charge in [0.1, 0.15) is 12.3 Å². The van der Waals surface area contributed by atoms with Crippen molar-refractivity contribution in [1.29, 1.82) is 0 Å². The second-order valence-electron chi connectivity index (χ2n) is 6.66. The molecule has 0 aliphatic rings. The van der Waals surface area contributed by atoms with Gasteiger partial charge in [0.25, 0.3) is 0 Å². The van der Waals surface area contributed by atoms with E-state index >= 15 is 0 Å². The van der Waals surface area contributed by atoms with Gasteiger partial charge in [0.15, 0.2) is 0 Å². The van der Waals surface area contributed by atoms with E-state index in [2.05, 4.69) is 5.32 Å². The Morgan fingerprint density at radius 1 is 1.11 bits per heavy atom. The van der Waals surface area contributed by atoms with Crippen LogP contribution in [0.25, 0.3) is 0 Å². The third kappa shape index (κ3) is 6.56. The topological polar surface area (TPSA) is 75.7 Å². The van der Waals surface area contributed by atoms with Crippen LogP contribution in [0.4, 0.5) is 5.69 Å². The molecule has 0 saturated heterocycles. The predicted molar refractivity (Wildman–Crippen MR) is 112 cm³/mol. The summed E-state index contributed by atoms with van der Waals surface area (Å²) in [5.41, 5.74) is 1.56. The van der Waals surface area contributed by atoms with Crippen molar-refractivity contribution in [3.8, 4) is 5.75 Å². The number of anilines is 1. The highest BCUT2D eigenvalue weighted by Crippen LogP contribution is 2.29. The van der Waals surface area contributed by atoms with Crippen LogP contribution in [-0.2, 0) is 21.2 Å². The lowest BCUT2D eigenvalue weighted by Gasteiger charge is -2.25. The van der Waals surface area contributed by atoms with E-state index in [9.17, 15) is 13.2 Å². The van der Waals surface area contributed by atoms with Crippen molar-refractivity contribution in [3.63, 3.8) is 0 Å². The van der Waals surface area contributed by atoms with Crippen LogP contribution in [0.2, 0.25) is 0 Å². The molecule has 0 fully saturated rings. The van der Waals surface area contributed by atoms with E-state index in [4.69, 9.17) is 4.74 Å². The third-order valence-corrected chi connectivity index (χ3v) is 5.36. The highest BCUT2D eigenvalue weighted by atomic mass is 32.2. The Balaban J connectivity index is 2.03. The molecule has 0 bridgehead atoms. The van der Waals surface area contributed by atoms with Crippen LogP contribution in [0.15, 0.2) is 54.6 Å². The zero-order valence-electron chi connectivity index (χ0n) is 16.6. The van der Waals surface area contributed by atoms with Crippen LogP contribution >= 0.6 is 0 Å². The third-order valence-electron chi connectivity index (χ3n) is 4.24. The van der Waals surface area contributed by atoms with Crippen molar-refractivity contribution in [2.45, 2.75) is 32.7 Å². The van der Waals surface area contributed by atoms with Crippen molar-refractivity contribution in [1.82, 2.24) is 5.32 Å². The second kappa shape index (κ2) is 10.1. The fraction of sp³-hybridized carbons (Fsp3) is 0.381. The molecule has 1 amide bonds. The maximum atomic E-state index is 12.5. The summed E-state index contributed by atoms with van der Waals surface area (Å²) in [6, 6.07) is 16.8. The molecule has 2 aromatic carbocycles. The zero-order chi connectivity index (χ0) is 20.6. The number of hydrogen-bond acceptors (Lipinski definition) is 4. The SMILES string of the molecule is CCOc1ccccc1N(CC(=O)N[C@H](C)CCc1ccccc1)S(C)(=O)=O. The average Bonchev–Trinajstić information content (AvgIpc) is 2.65. The predicted octanol–water partition coefficient (Wildman–Crippen LogP) is 2.99. The van der Waals surface area contributed by atoms with Crippen molar-refractivity contribution >= 4 is 21.6 Å². The molecule has 0 aromatic heterocycles. The summed E-state index contributed by atoms with van der Waals surface area (Å²) < 4.78 is 31.2. The smallest absolute Gasteiger partial charge is 0.240 e. The van der Waals surface area contributed by atoms with E-state index in [1.807, 2.05) is 44.2 Å². The van der Waals surface area contributed by atoms with Gasteiger partial charge in [-0.3, -0.25) is 9.10 Å². The lowest BCUT2D eigenvalue weighted by atomic mass is 10.1. The Labute approximate surface area is 167 Å². The molecule has 1 N–H and O–H groups in total. The molecular weight excluding hydrogens is 376 g/mol. The molecule has 0 saturated carbocycles. The molecule has 0 radical (unpaired) electrons. The number of hydrogen-bond donors (Lipinski definition) is 1. The van der Waals surface area contributed by atoms with Crippen LogP contribution in [0.5, 0.6) is 5.75 Å². The molecular formula is C21H28N2O4S. The maximum absolute atomic E-state index is 12.5. The first-order chi connectivity index (χ1) is 13.3. The molecule has 0 aliphatic heterocycles. The van der Waals surface area contributed by atoms with E-state index in [-0.39, 0.29) is 18.5 Å². The van der Waals surface area contributed by atoms with E-state index in [0.717, 1.165) is 23.4 Å². The van der Waals surface area contributed by atoms with Crippen LogP contribution in [0.1, 0.15) is 25.8 Å². The number of aryl methyl sites for hydroxylation is 1. The van der Waals surface area contributed by atoms with E-state index in [1.165, 1.54) is 5.56 Å². The summed E-state index contributed by atoms with van der Waals surface area (Å²) in [4.78, 5) is 12.5. The number of ether oxygens (including phenoxy) is 1. The first-order valence-corrected chi connectivity index (χ1v) is 11.2. The number of para-hydroxylation sites is 2. The molecule has 7 heteroatoms. The molecule has 0 spiro atoms. The molecule has 28 heavy (non-hydrogen) atoms. The highest BCUT2D eigenvalue weighted by molar-refractivity contribution is 7.92. The minimum atomic E-state index is -3.65. The van der Waals surface area contributed by atoms with Gasteiger partial charge >= 0.3 is 0 Å². The minimum absolute atomic E-state index is 0.0729. The molecule has 0 unspecified atom stereocenters. The number of nitrogens with one attached hydrogen (secondary N) is 1. The van der Waals surface area contributed by atoms with Gasteiger partial charge in [0, 0.05) is 6.04 Å². The average molecular weight is 405 g/mol. The number of amides is 1. The first-order valence-electron chi connectivity index (χ1n) is 9.34. The molecule has 0 aliphatic carbocycles. The summed E-state index contributed by atoms with van der Waals surface area (Å²) >= 11 is 0. The number of rotatable bonds is 10. The normalized spacial score (nSPS) is 12.2. The standard InChI is InChI=1S/C21H28N2O4S/c1-4-27-20-13-9-8-12-19(20)23(28(3,25)26)16-21(24)22-17(2)14-15-18-10-6-5-7-11-18/h5-13,17H,4,14-16H2,1-3H3,(H,22,24)/t17-/m1/s1. The van der Waals surface area contributed by atoms with Gasteiger partial charge in [0.05, 0.1) is 18.6 Å². The van der Waals surface area contributed by atoms with Gasteiger partial charge in [-0.05, 0) is 44.4 Å². The maximum Gasteiger partial charge on any atom is 0.240 e. The van der Waals surface area contributed by atoms with Crippen LogP contribution in [-0.4, -0.2) is 39.8 Å². The first kappa shape index (κ1) is 21.8. The van der Waals surface area contributed by atoms with E-state index in [0.29, 0.717) is 18.0 Å². The molecule has 152 valence electrons. The van der Waals surface area contributed by atoms with Crippen LogP contribution in [0.3, 0.4) is 0 Å². The van der Waals surface area contributed by atoms with Gasteiger partial charge < -0.3 is 10.1 Å². The summed E-state index contributed by atoms with van der Waals surface area (Å²) in [5, 5.41) is 2.89. The number of carbonyl (C=O) groups is 1. The molecule has 6 nitrogen and oxygen atoms in total. The minimum Gasteiger partial charge on any atom is -0.492 e. The Morgan fingerprint density at radius 2 is 1.75 bits per heavy atom. The quantitative estimate of drug-likeness (QED) is 0.661. The largest absolute Gasteiger partial charge is 0.492 e. The van der Waals surface area contributed by atoms with Crippen molar-refractivity contribution in [3.05, 3.63) is 60.2 Å². The van der Waals surface area contributed by atoms with Crippen LogP contribution < -0.4 is 14.4 Å². The van der Waals surface area contributed by atoms with Crippen molar-refractivity contribution in [2.75, 3.05) is 23.7 Å². The Morgan fingerprint density at radius 3 is 2.39 bits per heavy atom. The second-order valence-corrected chi connectivity index (χ2v) is 8.57. The number of carbonyl (C=O) groups excluding carboxylic acids is 1. The highest BCUT2D eigenvalue weighted by Gasteiger charge is 2.24. The summed E-state index contributed by atoms with van der Waals surface area (Å²) in [5.74, 6) is 0.0811. The van der Waals surface area contributed by atoms with Crippen molar-refractivity contribution < 1.29 is 17.9 Å². The van der Waals surface area contributed by atoms with Gasteiger partial charge in [-0.2, -0.15) is 0 Å². The van der Waals surface area contributed by atoms with Gasteiger partial charge in [-0.1, -0.05) is 42.5 Å². The molecule has 1 atom stereocenters. The summed E-state index contributed by atoms with van der Waals surface area (Å²) in [7, 11) is -3.65. The summed E-state index contributed by atoms with van der Waals surface area (Å²) in [6.45, 7) is 3.85. The Bertz CT molecular complexity index is 869. The van der Waals surface area contributed by atoms with Gasteiger partial charge in [-0.15, -0.1) is 0 Å². The van der Waals surface area contributed by atoms with Crippen LogP contribution in [0, 0.1) is 0 Å². The van der Waals surface area contributed by atoms with E-state index in [1.54, 1.807) is 24.3 Å². The summed E-state index contributed by atoms with van der Waals surface area (Å²) in [6.07, 6.45) is 2.69. The molecule has 0 heterocycles. The molecule has 2 rings (SSSR count). The number of sulfonamides is 1. The number of benzene rings is 2. The fourth-order valence-electron chi connectivity index (χ4n) is 2.87. The Hall–Kier alpha value is -2.54. The van der Waals surface area contributed by atoms with Gasteiger partial charge in [-0.25, -0.2) is 8.42 Å². The van der Waals surface area contributed by atoms with E-state index < -0.39 is 10.0 Å². The lowest BCUT2D eigenvalue weighted by Crippen LogP contribution is -2.43. The zero-order valence-corrected chi connectivity index (χ0v) is 17.4. The fourth-order valence-corrected chi connectivity index (χ4v) is 3.73. The monoisotopic (exact) mass is 404 g/mol. The molecule has 2 aromatic rings. The number of nitrogens with zero attached hydrogens (tertiary/aromatic N) is 1.